The van der Waals surface area contributed by atoms with E-state index >= 15 is 0 Å². The zero-order valence-corrected chi connectivity index (χ0v) is 16.1. The predicted molar refractivity (Wildman–Crippen MR) is 94.3 cm³/mol. The molecule has 2 rings (SSSR count). The zero-order valence-electron chi connectivity index (χ0n) is 15.3. The highest BCUT2D eigenvalue weighted by atomic mass is 32.2. The highest BCUT2D eigenvalue weighted by molar-refractivity contribution is 7.89. The number of ether oxygens (including phenoxy) is 2. The number of rotatable bonds is 6. The number of aryl methyl sites for hydroxylation is 1. The van der Waals surface area contributed by atoms with Crippen molar-refractivity contribution in [1.29, 1.82) is 0 Å². The van der Waals surface area contributed by atoms with Crippen molar-refractivity contribution < 1.29 is 35.9 Å². The van der Waals surface area contributed by atoms with E-state index in [-0.39, 0.29) is 17.0 Å². The monoisotopic (exact) mass is 417 g/mol. The van der Waals surface area contributed by atoms with Gasteiger partial charge >= 0.3 is 12.3 Å². The summed E-state index contributed by atoms with van der Waals surface area (Å²) in [5, 5.41) is 0. The molecule has 0 aromatic heterocycles. The van der Waals surface area contributed by atoms with Crippen molar-refractivity contribution in [1.82, 2.24) is 4.31 Å². The number of methoxy groups -OCH3 is 1. The van der Waals surface area contributed by atoms with E-state index in [1.807, 2.05) is 0 Å². The minimum atomic E-state index is -4.80. The van der Waals surface area contributed by atoms with Gasteiger partial charge in [0.2, 0.25) is 10.0 Å². The van der Waals surface area contributed by atoms with Crippen molar-refractivity contribution in [3.05, 3.63) is 59.2 Å². The van der Waals surface area contributed by atoms with Gasteiger partial charge in [-0.15, -0.1) is 13.2 Å². The predicted octanol–water partition coefficient (Wildman–Crippen LogP) is 3.50. The van der Waals surface area contributed by atoms with Gasteiger partial charge in [0, 0.05) is 13.6 Å². The molecule has 6 nitrogen and oxygen atoms in total. The number of hydrogen-bond acceptors (Lipinski definition) is 5. The molecule has 0 aliphatic heterocycles. The van der Waals surface area contributed by atoms with Crippen LogP contribution in [0.5, 0.6) is 5.75 Å². The molecule has 0 saturated heterocycles. The fraction of sp³-hybridized carbons (Fsp3) is 0.278. The number of carbonyl (C=O) groups is 1. The van der Waals surface area contributed by atoms with Crippen LogP contribution in [0, 0.1) is 6.92 Å². The van der Waals surface area contributed by atoms with E-state index in [9.17, 15) is 26.4 Å². The summed E-state index contributed by atoms with van der Waals surface area (Å²) in [5.74, 6) is -0.974. The SMILES string of the molecule is COC(=O)c1ccc(S(=O)(=O)N(C)Cc2ccc(OC(F)(F)F)cc2)c(C)c1. The summed E-state index contributed by atoms with van der Waals surface area (Å²) in [7, 11) is -1.31. The number of alkyl halides is 3. The summed E-state index contributed by atoms with van der Waals surface area (Å²) in [5.41, 5.74) is 1.06. The summed E-state index contributed by atoms with van der Waals surface area (Å²) in [6.45, 7) is 1.49. The first-order valence-corrected chi connectivity index (χ1v) is 9.38. The molecule has 0 N–H and O–H groups in total. The van der Waals surface area contributed by atoms with Gasteiger partial charge in [0.1, 0.15) is 5.75 Å². The summed E-state index contributed by atoms with van der Waals surface area (Å²) in [6, 6.07) is 8.99. The van der Waals surface area contributed by atoms with Gasteiger partial charge in [0.05, 0.1) is 17.6 Å². The van der Waals surface area contributed by atoms with E-state index in [1.165, 1.54) is 44.5 Å². The van der Waals surface area contributed by atoms with Crippen molar-refractivity contribution in [3.8, 4) is 5.75 Å². The molecule has 0 saturated carbocycles. The van der Waals surface area contributed by atoms with Crippen LogP contribution in [0.3, 0.4) is 0 Å². The lowest BCUT2D eigenvalue weighted by molar-refractivity contribution is -0.274. The number of halogens is 3. The van der Waals surface area contributed by atoms with Crippen LogP contribution < -0.4 is 4.74 Å². The van der Waals surface area contributed by atoms with E-state index in [0.717, 1.165) is 16.4 Å². The Balaban J connectivity index is 2.19. The van der Waals surface area contributed by atoms with Crippen LogP contribution in [0.4, 0.5) is 13.2 Å². The quantitative estimate of drug-likeness (QED) is 0.673. The van der Waals surface area contributed by atoms with Crippen LogP contribution in [0.2, 0.25) is 0 Å². The number of nitrogens with zero attached hydrogens (tertiary/aromatic N) is 1. The Labute approximate surface area is 160 Å². The molecule has 0 heterocycles. The first-order valence-electron chi connectivity index (χ1n) is 7.94. The van der Waals surface area contributed by atoms with E-state index in [4.69, 9.17) is 0 Å². The normalized spacial score (nSPS) is 12.1. The maximum atomic E-state index is 12.8. The summed E-state index contributed by atoms with van der Waals surface area (Å²) in [6.07, 6.45) is -4.80. The van der Waals surface area contributed by atoms with Crippen molar-refractivity contribution in [3.63, 3.8) is 0 Å². The lowest BCUT2D eigenvalue weighted by Gasteiger charge is -2.19. The van der Waals surface area contributed by atoms with Crippen molar-refractivity contribution in [2.24, 2.45) is 0 Å². The van der Waals surface area contributed by atoms with E-state index in [0.29, 0.717) is 11.1 Å². The molecular weight excluding hydrogens is 399 g/mol. The number of sulfonamides is 1. The summed E-state index contributed by atoms with van der Waals surface area (Å²) < 4.78 is 71.6. The molecule has 0 amide bonds. The highest BCUT2D eigenvalue weighted by Gasteiger charge is 2.31. The lowest BCUT2D eigenvalue weighted by Crippen LogP contribution is -2.27. The Hall–Kier alpha value is -2.59. The Morgan fingerprint density at radius 3 is 2.21 bits per heavy atom. The van der Waals surface area contributed by atoms with Gasteiger partial charge in [-0.25, -0.2) is 13.2 Å². The molecule has 0 fully saturated rings. The van der Waals surface area contributed by atoms with Crippen molar-refractivity contribution in [2.45, 2.75) is 24.7 Å². The lowest BCUT2D eigenvalue weighted by atomic mass is 10.1. The minimum absolute atomic E-state index is 0.0136. The molecule has 0 aliphatic carbocycles. The molecule has 0 aliphatic rings. The van der Waals surface area contributed by atoms with Gasteiger partial charge in [-0.2, -0.15) is 4.31 Å². The molecule has 0 spiro atoms. The van der Waals surface area contributed by atoms with Gasteiger partial charge in [-0.05, 0) is 48.4 Å². The van der Waals surface area contributed by atoms with Gasteiger partial charge in [-0.3, -0.25) is 0 Å². The topological polar surface area (TPSA) is 72.9 Å². The number of benzene rings is 2. The number of esters is 1. The van der Waals surface area contributed by atoms with E-state index in [2.05, 4.69) is 9.47 Å². The fourth-order valence-electron chi connectivity index (χ4n) is 2.49. The van der Waals surface area contributed by atoms with Gasteiger partial charge in [0.25, 0.3) is 0 Å². The molecule has 2 aromatic rings. The molecule has 0 bridgehead atoms. The second kappa shape index (κ2) is 8.19. The van der Waals surface area contributed by atoms with Crippen molar-refractivity contribution >= 4 is 16.0 Å². The van der Waals surface area contributed by atoms with E-state index < -0.39 is 28.1 Å². The van der Waals surface area contributed by atoms with Crippen LogP contribution in [0.25, 0.3) is 0 Å². The van der Waals surface area contributed by atoms with Gasteiger partial charge in [-0.1, -0.05) is 12.1 Å². The second-order valence-corrected chi connectivity index (χ2v) is 7.94. The molecule has 152 valence electrons. The molecular formula is C18H18F3NO5S. The van der Waals surface area contributed by atoms with Crippen LogP contribution in [0.1, 0.15) is 21.5 Å². The molecule has 0 unspecified atom stereocenters. The molecule has 28 heavy (non-hydrogen) atoms. The first-order chi connectivity index (χ1) is 12.9. The Morgan fingerprint density at radius 1 is 1.11 bits per heavy atom. The Morgan fingerprint density at radius 2 is 1.71 bits per heavy atom. The van der Waals surface area contributed by atoms with E-state index in [1.54, 1.807) is 6.92 Å². The summed E-state index contributed by atoms with van der Waals surface area (Å²) in [4.78, 5) is 11.6. The van der Waals surface area contributed by atoms with Crippen LogP contribution in [-0.2, 0) is 21.3 Å². The molecule has 0 atom stereocenters. The Kier molecular flexibility index (Phi) is 6.35. The third-order valence-corrected chi connectivity index (χ3v) is 5.81. The average molecular weight is 417 g/mol. The third-order valence-electron chi connectivity index (χ3n) is 3.85. The standard InChI is InChI=1S/C18H18F3NO5S/c1-12-10-14(17(23)26-3)6-9-16(12)28(24,25)22(2)11-13-4-7-15(8-5-13)27-18(19,20)21/h4-10H,11H2,1-3H3. The zero-order chi connectivity index (χ0) is 21.1. The smallest absolute Gasteiger partial charge is 0.465 e. The number of hydrogen-bond donors (Lipinski definition) is 0. The first kappa shape index (κ1) is 21.7. The molecule has 10 heteroatoms. The summed E-state index contributed by atoms with van der Waals surface area (Å²) >= 11 is 0. The van der Waals surface area contributed by atoms with Crippen LogP contribution >= 0.6 is 0 Å². The maximum Gasteiger partial charge on any atom is 0.573 e. The second-order valence-electron chi connectivity index (χ2n) is 5.92. The molecule has 2 aromatic carbocycles. The Bertz CT molecular complexity index is 956. The molecule has 0 radical (unpaired) electrons. The third kappa shape index (κ3) is 5.23. The maximum absolute atomic E-state index is 12.8. The van der Waals surface area contributed by atoms with Gasteiger partial charge < -0.3 is 9.47 Å². The average Bonchev–Trinajstić information content (AvgIpc) is 2.61. The van der Waals surface area contributed by atoms with Gasteiger partial charge in [0.15, 0.2) is 0 Å². The van der Waals surface area contributed by atoms with Crippen molar-refractivity contribution in [2.75, 3.05) is 14.2 Å². The minimum Gasteiger partial charge on any atom is -0.465 e. The highest BCUT2D eigenvalue weighted by Crippen LogP contribution is 2.25. The van der Waals surface area contributed by atoms with Crippen LogP contribution in [-0.4, -0.2) is 39.2 Å². The fourth-order valence-corrected chi connectivity index (χ4v) is 3.85. The number of carbonyl (C=O) groups excluding carboxylic acids is 1. The van der Waals surface area contributed by atoms with Crippen LogP contribution in [0.15, 0.2) is 47.4 Å². The largest absolute Gasteiger partial charge is 0.573 e.